The summed E-state index contributed by atoms with van der Waals surface area (Å²) < 4.78 is 1.90. The van der Waals surface area contributed by atoms with Crippen molar-refractivity contribution in [2.24, 2.45) is 5.92 Å². The van der Waals surface area contributed by atoms with Gasteiger partial charge in [0.15, 0.2) is 0 Å². The second-order valence-electron chi connectivity index (χ2n) is 7.27. The number of hydrogen-bond donors (Lipinski definition) is 3. The topological polar surface area (TPSA) is 99.1 Å². The largest absolute Gasteiger partial charge is 0.465 e. The molecule has 0 aliphatic carbocycles. The zero-order valence-electron chi connectivity index (χ0n) is 14.2. The van der Waals surface area contributed by atoms with Gasteiger partial charge >= 0.3 is 6.09 Å². The Labute approximate surface area is 149 Å². The molecule has 2 fully saturated rings. The van der Waals surface area contributed by atoms with Crippen molar-refractivity contribution >= 4 is 17.0 Å². The van der Waals surface area contributed by atoms with Crippen LogP contribution < -0.4 is 5.32 Å². The minimum atomic E-state index is -0.809. The Morgan fingerprint density at radius 1 is 1.27 bits per heavy atom. The van der Waals surface area contributed by atoms with Crippen molar-refractivity contribution in [3.63, 3.8) is 0 Å². The molecule has 5 rings (SSSR count). The first kappa shape index (κ1) is 15.4. The molecule has 4 heterocycles. The van der Waals surface area contributed by atoms with Gasteiger partial charge in [0.05, 0.1) is 0 Å². The standard InChI is InChI=1S/C18H20N6O2/c25-18(26)23-7-12-4-13(22-17(12)8-23)3-11-6-19-16-2-1-14(5-15(11)16)24-9-20-21-10-24/h1-2,5-6,9-10,12-13,17,19,22H,3-4,7-8H2,(H,25,26). The summed E-state index contributed by atoms with van der Waals surface area (Å²) in [5.74, 6) is 0.425. The highest BCUT2D eigenvalue weighted by atomic mass is 16.4. The smallest absolute Gasteiger partial charge is 0.407 e. The number of aromatic amines is 1. The first-order chi connectivity index (χ1) is 12.7. The summed E-state index contributed by atoms with van der Waals surface area (Å²) in [4.78, 5) is 16.0. The number of H-pyrrole nitrogens is 1. The van der Waals surface area contributed by atoms with Crippen molar-refractivity contribution in [2.75, 3.05) is 13.1 Å². The molecule has 2 aliphatic rings. The summed E-state index contributed by atoms with van der Waals surface area (Å²) in [6.07, 6.45) is 6.62. The van der Waals surface area contributed by atoms with Crippen LogP contribution in [0.15, 0.2) is 37.1 Å². The fourth-order valence-corrected chi connectivity index (χ4v) is 4.43. The van der Waals surface area contributed by atoms with E-state index in [0.717, 1.165) is 24.0 Å². The van der Waals surface area contributed by atoms with Crippen molar-refractivity contribution in [1.29, 1.82) is 0 Å². The van der Waals surface area contributed by atoms with E-state index in [1.54, 1.807) is 12.7 Å². The van der Waals surface area contributed by atoms with Gasteiger partial charge in [0.2, 0.25) is 0 Å². The Morgan fingerprint density at radius 3 is 2.88 bits per heavy atom. The van der Waals surface area contributed by atoms with Crippen LogP contribution in [0.3, 0.4) is 0 Å². The van der Waals surface area contributed by atoms with Gasteiger partial charge in [-0.15, -0.1) is 10.2 Å². The van der Waals surface area contributed by atoms with Gasteiger partial charge in [-0.3, -0.25) is 4.57 Å². The van der Waals surface area contributed by atoms with E-state index in [1.807, 2.05) is 10.6 Å². The maximum Gasteiger partial charge on any atom is 0.407 e. The molecule has 2 aromatic heterocycles. The number of aromatic nitrogens is 4. The molecular formula is C18H20N6O2. The van der Waals surface area contributed by atoms with Gasteiger partial charge in [0.1, 0.15) is 12.7 Å². The lowest BCUT2D eigenvalue weighted by Gasteiger charge is -2.17. The van der Waals surface area contributed by atoms with Gasteiger partial charge < -0.3 is 20.3 Å². The summed E-state index contributed by atoms with van der Waals surface area (Å²) in [6, 6.07) is 6.96. The van der Waals surface area contributed by atoms with Crippen LogP contribution in [0.1, 0.15) is 12.0 Å². The first-order valence-corrected chi connectivity index (χ1v) is 8.86. The van der Waals surface area contributed by atoms with Crippen LogP contribution in [0.5, 0.6) is 0 Å². The van der Waals surface area contributed by atoms with Crippen molar-refractivity contribution < 1.29 is 9.90 Å². The summed E-state index contributed by atoms with van der Waals surface area (Å²) in [5, 5.41) is 21.7. The fourth-order valence-electron chi connectivity index (χ4n) is 4.43. The highest BCUT2D eigenvalue weighted by Gasteiger charge is 2.42. The molecule has 0 bridgehead atoms. The van der Waals surface area contributed by atoms with Crippen molar-refractivity contribution in [3.05, 3.63) is 42.6 Å². The van der Waals surface area contributed by atoms with Gasteiger partial charge in [-0.05, 0) is 42.5 Å². The van der Waals surface area contributed by atoms with Crippen LogP contribution in [0.2, 0.25) is 0 Å². The van der Waals surface area contributed by atoms with Crippen LogP contribution >= 0.6 is 0 Å². The van der Waals surface area contributed by atoms with Crippen molar-refractivity contribution in [2.45, 2.75) is 24.9 Å². The minimum absolute atomic E-state index is 0.286. The van der Waals surface area contributed by atoms with Gasteiger partial charge in [0, 0.05) is 48.0 Å². The number of nitrogens with one attached hydrogen (secondary N) is 2. The Morgan fingerprint density at radius 2 is 2.12 bits per heavy atom. The van der Waals surface area contributed by atoms with E-state index in [4.69, 9.17) is 5.11 Å². The molecule has 0 saturated carbocycles. The average Bonchev–Trinajstić information content (AvgIpc) is 3.38. The number of rotatable bonds is 3. The number of carbonyl (C=O) groups is 1. The van der Waals surface area contributed by atoms with Crippen LogP contribution in [0.4, 0.5) is 4.79 Å². The predicted molar refractivity (Wildman–Crippen MR) is 95.3 cm³/mol. The highest BCUT2D eigenvalue weighted by molar-refractivity contribution is 5.85. The fraction of sp³-hybridized carbons (Fsp3) is 0.389. The second-order valence-corrected chi connectivity index (χ2v) is 7.27. The highest BCUT2D eigenvalue weighted by Crippen LogP contribution is 2.31. The lowest BCUT2D eigenvalue weighted by molar-refractivity contribution is 0.152. The summed E-state index contributed by atoms with van der Waals surface area (Å²) in [7, 11) is 0. The minimum Gasteiger partial charge on any atom is -0.465 e. The monoisotopic (exact) mass is 352 g/mol. The van der Waals surface area contributed by atoms with E-state index in [9.17, 15) is 4.79 Å². The molecule has 3 N–H and O–H groups in total. The van der Waals surface area contributed by atoms with Crippen molar-refractivity contribution in [3.8, 4) is 5.69 Å². The Kier molecular flexibility index (Phi) is 3.46. The van der Waals surface area contributed by atoms with Crippen LogP contribution in [-0.4, -0.2) is 61.0 Å². The third-order valence-electron chi connectivity index (χ3n) is 5.68. The van der Waals surface area contributed by atoms with Gasteiger partial charge in [-0.2, -0.15) is 0 Å². The summed E-state index contributed by atoms with van der Waals surface area (Å²) >= 11 is 0. The molecule has 8 heteroatoms. The first-order valence-electron chi connectivity index (χ1n) is 8.86. The Balaban J connectivity index is 1.35. The lowest BCUT2D eigenvalue weighted by Crippen LogP contribution is -2.37. The molecule has 2 saturated heterocycles. The van der Waals surface area contributed by atoms with Crippen LogP contribution in [0, 0.1) is 5.92 Å². The molecule has 0 spiro atoms. The summed E-state index contributed by atoms with van der Waals surface area (Å²) in [6.45, 7) is 1.25. The quantitative estimate of drug-likeness (QED) is 0.665. The zero-order valence-corrected chi connectivity index (χ0v) is 14.2. The van der Waals surface area contributed by atoms with Gasteiger partial charge in [-0.1, -0.05) is 0 Å². The van der Waals surface area contributed by atoms with E-state index >= 15 is 0 Å². The number of nitrogens with zero attached hydrogens (tertiary/aromatic N) is 4. The molecule has 3 unspecified atom stereocenters. The number of benzene rings is 1. The molecule has 2 aliphatic heterocycles. The number of carboxylic acid groups (broad SMARTS) is 1. The molecule has 0 radical (unpaired) electrons. The van der Waals surface area contributed by atoms with Crippen molar-refractivity contribution in [1.82, 2.24) is 30.0 Å². The summed E-state index contributed by atoms with van der Waals surface area (Å²) in [5.41, 5.74) is 3.44. The lowest BCUT2D eigenvalue weighted by atomic mass is 9.98. The normalized spacial score (nSPS) is 25.1. The van der Waals surface area contributed by atoms with E-state index in [0.29, 0.717) is 25.0 Å². The van der Waals surface area contributed by atoms with E-state index in [2.05, 4.69) is 38.8 Å². The molecule has 134 valence electrons. The third-order valence-corrected chi connectivity index (χ3v) is 5.68. The molecule has 8 nitrogen and oxygen atoms in total. The van der Waals surface area contributed by atoms with E-state index in [1.165, 1.54) is 15.8 Å². The van der Waals surface area contributed by atoms with E-state index < -0.39 is 6.09 Å². The van der Waals surface area contributed by atoms with Crippen LogP contribution in [0.25, 0.3) is 16.6 Å². The number of fused-ring (bicyclic) bond motifs is 2. The number of hydrogen-bond acceptors (Lipinski definition) is 4. The molecule has 26 heavy (non-hydrogen) atoms. The maximum atomic E-state index is 11.1. The zero-order chi connectivity index (χ0) is 17.7. The molecule has 3 aromatic rings. The SMILES string of the molecule is O=C(O)N1CC2CC(Cc3c[nH]c4ccc(-n5cnnc5)cc34)NC2C1. The molecule has 3 atom stereocenters. The van der Waals surface area contributed by atoms with Gasteiger partial charge in [0.25, 0.3) is 0 Å². The average molecular weight is 352 g/mol. The van der Waals surface area contributed by atoms with E-state index in [-0.39, 0.29) is 6.04 Å². The molecule has 1 amide bonds. The second kappa shape index (κ2) is 5.84. The number of amides is 1. The Hall–Kier alpha value is -2.87. The molecular weight excluding hydrogens is 332 g/mol. The maximum absolute atomic E-state index is 11.1. The predicted octanol–water partition coefficient (Wildman–Crippen LogP) is 1.63. The van der Waals surface area contributed by atoms with Gasteiger partial charge in [-0.25, -0.2) is 4.79 Å². The molecule has 1 aromatic carbocycles. The number of likely N-dealkylation sites (tertiary alicyclic amines) is 1. The Bertz CT molecular complexity index is 936. The third kappa shape index (κ3) is 2.53. The van der Waals surface area contributed by atoms with Crippen LogP contribution in [-0.2, 0) is 6.42 Å².